The second kappa shape index (κ2) is 11.1. The topological polar surface area (TPSA) is 72.5 Å². The fourth-order valence-electron chi connectivity index (χ4n) is 3.17. The number of carbonyl (C=O) groups excluding carboxylic acids is 3. The molecule has 0 radical (unpaired) electrons. The zero-order valence-electron chi connectivity index (χ0n) is 18.2. The van der Waals surface area contributed by atoms with Gasteiger partial charge in [0.1, 0.15) is 0 Å². The number of carbonyl (C=O) groups is 3. The van der Waals surface area contributed by atoms with Gasteiger partial charge < -0.3 is 10.1 Å². The van der Waals surface area contributed by atoms with Crippen LogP contribution in [-0.2, 0) is 14.3 Å². The number of anilines is 1. The molecule has 0 spiro atoms. The van der Waals surface area contributed by atoms with Crippen LogP contribution in [0.1, 0.15) is 46.0 Å². The molecule has 3 aromatic rings. The number of amides is 1. The first-order chi connectivity index (χ1) is 15.8. The molecule has 1 atom stereocenters. The van der Waals surface area contributed by atoms with Crippen molar-refractivity contribution >= 4 is 46.5 Å². The molecule has 0 aliphatic rings. The largest absolute Gasteiger partial charge is 0.449 e. The van der Waals surface area contributed by atoms with E-state index in [1.54, 1.807) is 54.6 Å². The van der Waals surface area contributed by atoms with Crippen molar-refractivity contribution in [3.05, 3.63) is 99.0 Å². The van der Waals surface area contributed by atoms with Crippen molar-refractivity contribution in [3.8, 4) is 0 Å². The van der Waals surface area contributed by atoms with Crippen molar-refractivity contribution < 1.29 is 19.1 Å². The summed E-state index contributed by atoms with van der Waals surface area (Å²) in [5.74, 6) is -1.41. The van der Waals surface area contributed by atoms with Gasteiger partial charge in [-0.15, -0.1) is 0 Å². The number of hydrogen-bond donors (Lipinski definition) is 1. The molecule has 0 heterocycles. The van der Waals surface area contributed by atoms with Crippen LogP contribution in [0.15, 0.2) is 66.7 Å². The summed E-state index contributed by atoms with van der Waals surface area (Å²) in [6.07, 6.45) is -1.44. The summed E-state index contributed by atoms with van der Waals surface area (Å²) < 4.78 is 5.55. The van der Waals surface area contributed by atoms with E-state index in [2.05, 4.69) is 5.32 Å². The van der Waals surface area contributed by atoms with Crippen LogP contribution < -0.4 is 5.32 Å². The van der Waals surface area contributed by atoms with Gasteiger partial charge in [0.05, 0.1) is 22.2 Å². The van der Waals surface area contributed by atoms with Gasteiger partial charge >= 0.3 is 5.97 Å². The number of benzene rings is 3. The Morgan fingerprint density at radius 2 is 1.61 bits per heavy atom. The standard InChI is InChI=1S/C26H23Cl2NO4/c1-16-11-12-19(15-17(16)2)25(32)26(18-7-4-3-5-8-18)33-23(31)14-13-22(30)29-21-10-6-9-20(27)24(21)28/h3-12,15,26H,13-14H2,1-2H3,(H,29,30). The molecule has 1 unspecified atom stereocenters. The SMILES string of the molecule is Cc1ccc(C(=O)C(OC(=O)CCC(=O)Nc2cccc(Cl)c2Cl)c2ccccc2)cc1C. The summed E-state index contributed by atoms with van der Waals surface area (Å²) in [4.78, 5) is 38.0. The lowest BCUT2D eigenvalue weighted by Gasteiger charge is -2.18. The van der Waals surface area contributed by atoms with Gasteiger partial charge in [-0.1, -0.05) is 71.7 Å². The molecule has 3 aromatic carbocycles. The smallest absolute Gasteiger partial charge is 0.307 e. The first-order valence-electron chi connectivity index (χ1n) is 10.4. The van der Waals surface area contributed by atoms with E-state index in [4.69, 9.17) is 27.9 Å². The molecule has 1 amide bonds. The monoisotopic (exact) mass is 483 g/mol. The van der Waals surface area contributed by atoms with Crippen molar-refractivity contribution in [2.24, 2.45) is 0 Å². The van der Waals surface area contributed by atoms with E-state index in [-0.39, 0.29) is 23.6 Å². The molecule has 0 saturated carbocycles. The zero-order valence-corrected chi connectivity index (χ0v) is 19.7. The van der Waals surface area contributed by atoms with Gasteiger partial charge in [0, 0.05) is 17.5 Å². The Balaban J connectivity index is 1.69. The zero-order chi connectivity index (χ0) is 24.0. The van der Waals surface area contributed by atoms with Gasteiger partial charge in [0.2, 0.25) is 11.7 Å². The molecule has 0 bridgehead atoms. The average Bonchev–Trinajstić information content (AvgIpc) is 2.81. The molecule has 0 aliphatic heterocycles. The highest BCUT2D eigenvalue weighted by atomic mass is 35.5. The van der Waals surface area contributed by atoms with Crippen LogP contribution in [0.25, 0.3) is 0 Å². The molecule has 0 fully saturated rings. The maximum Gasteiger partial charge on any atom is 0.307 e. The quantitative estimate of drug-likeness (QED) is 0.293. The van der Waals surface area contributed by atoms with Crippen LogP contribution in [0.5, 0.6) is 0 Å². The summed E-state index contributed by atoms with van der Waals surface area (Å²) in [6.45, 7) is 3.88. The second-order valence-corrected chi connectivity index (χ2v) is 8.38. The minimum atomic E-state index is -1.11. The van der Waals surface area contributed by atoms with E-state index in [9.17, 15) is 14.4 Å². The molecule has 7 heteroatoms. The Morgan fingerprint density at radius 1 is 0.879 bits per heavy atom. The normalized spacial score (nSPS) is 11.5. The molecule has 0 aliphatic carbocycles. The maximum absolute atomic E-state index is 13.2. The number of halogens is 2. The summed E-state index contributed by atoms with van der Waals surface area (Å²) in [5, 5.41) is 3.15. The first-order valence-corrected chi connectivity index (χ1v) is 11.1. The van der Waals surface area contributed by atoms with E-state index in [1.165, 1.54) is 0 Å². The van der Waals surface area contributed by atoms with Gasteiger partial charge in [-0.2, -0.15) is 0 Å². The third-order valence-corrected chi connectivity index (χ3v) is 5.98. The second-order valence-electron chi connectivity index (χ2n) is 7.59. The fraction of sp³-hybridized carbons (Fsp3) is 0.192. The lowest BCUT2D eigenvalue weighted by Crippen LogP contribution is -2.21. The van der Waals surface area contributed by atoms with Crippen molar-refractivity contribution in [2.45, 2.75) is 32.8 Å². The third-order valence-electron chi connectivity index (χ3n) is 5.16. The molecule has 1 N–H and O–H groups in total. The molecular formula is C26H23Cl2NO4. The molecular weight excluding hydrogens is 461 g/mol. The van der Waals surface area contributed by atoms with Crippen molar-refractivity contribution in [3.63, 3.8) is 0 Å². The summed E-state index contributed by atoms with van der Waals surface area (Å²) in [7, 11) is 0. The predicted molar refractivity (Wildman–Crippen MR) is 130 cm³/mol. The number of rotatable bonds is 8. The van der Waals surface area contributed by atoms with Crippen molar-refractivity contribution in [1.29, 1.82) is 0 Å². The van der Waals surface area contributed by atoms with Crippen LogP contribution in [0.4, 0.5) is 5.69 Å². The van der Waals surface area contributed by atoms with Crippen LogP contribution in [0.3, 0.4) is 0 Å². The van der Waals surface area contributed by atoms with Crippen molar-refractivity contribution in [1.82, 2.24) is 0 Å². The summed E-state index contributed by atoms with van der Waals surface area (Å²) in [5.41, 5.74) is 3.40. The van der Waals surface area contributed by atoms with Crippen LogP contribution >= 0.6 is 23.2 Å². The lowest BCUT2D eigenvalue weighted by molar-refractivity contribution is -0.148. The Bertz CT molecular complexity index is 1180. The number of nitrogens with one attached hydrogen (secondary N) is 1. The fourth-order valence-corrected chi connectivity index (χ4v) is 3.51. The summed E-state index contributed by atoms with van der Waals surface area (Å²) in [6, 6.07) is 19.0. The first kappa shape index (κ1) is 24.5. The van der Waals surface area contributed by atoms with Crippen LogP contribution in [0, 0.1) is 13.8 Å². The minimum absolute atomic E-state index is 0.138. The minimum Gasteiger partial charge on any atom is -0.449 e. The highest BCUT2D eigenvalue weighted by molar-refractivity contribution is 6.44. The van der Waals surface area contributed by atoms with E-state index >= 15 is 0 Å². The van der Waals surface area contributed by atoms with E-state index in [0.717, 1.165) is 11.1 Å². The Labute approximate surface area is 202 Å². The third kappa shape index (κ3) is 6.44. The highest BCUT2D eigenvalue weighted by Crippen LogP contribution is 2.30. The van der Waals surface area contributed by atoms with Gasteiger partial charge in [0.25, 0.3) is 0 Å². The van der Waals surface area contributed by atoms with Gasteiger partial charge in [0.15, 0.2) is 6.10 Å². The van der Waals surface area contributed by atoms with Gasteiger partial charge in [-0.3, -0.25) is 14.4 Å². The van der Waals surface area contributed by atoms with E-state index in [0.29, 0.717) is 21.8 Å². The number of aryl methyl sites for hydroxylation is 2. The Hall–Kier alpha value is -3.15. The molecule has 170 valence electrons. The highest BCUT2D eigenvalue weighted by Gasteiger charge is 2.26. The maximum atomic E-state index is 13.2. The summed E-state index contributed by atoms with van der Waals surface area (Å²) >= 11 is 12.0. The molecule has 33 heavy (non-hydrogen) atoms. The number of hydrogen-bond acceptors (Lipinski definition) is 4. The number of ether oxygens (including phenoxy) is 1. The molecule has 5 nitrogen and oxygen atoms in total. The van der Waals surface area contributed by atoms with Crippen molar-refractivity contribution in [2.75, 3.05) is 5.32 Å². The molecule has 3 rings (SSSR count). The van der Waals surface area contributed by atoms with Gasteiger partial charge in [-0.05, 0) is 43.2 Å². The van der Waals surface area contributed by atoms with Crippen LogP contribution in [0.2, 0.25) is 10.0 Å². The number of Topliss-reactive ketones (excluding diaryl/α,β-unsaturated/α-hetero) is 1. The van der Waals surface area contributed by atoms with E-state index in [1.807, 2.05) is 26.0 Å². The number of esters is 1. The predicted octanol–water partition coefficient (Wildman–Crippen LogP) is 6.50. The van der Waals surface area contributed by atoms with E-state index < -0.39 is 18.0 Å². The number of ketones is 1. The Kier molecular flexibility index (Phi) is 8.26. The molecule has 0 aromatic heterocycles. The molecule has 0 saturated heterocycles. The Morgan fingerprint density at radius 3 is 2.30 bits per heavy atom. The lowest BCUT2D eigenvalue weighted by atomic mass is 9.97. The average molecular weight is 484 g/mol. The van der Waals surface area contributed by atoms with Gasteiger partial charge in [-0.25, -0.2) is 0 Å². The van der Waals surface area contributed by atoms with Crippen LogP contribution in [-0.4, -0.2) is 17.7 Å².